The lowest BCUT2D eigenvalue weighted by Crippen LogP contribution is -2.42. The Bertz CT molecular complexity index is 649. The van der Waals surface area contributed by atoms with Gasteiger partial charge >= 0.3 is 10.1 Å². The fourth-order valence-corrected chi connectivity index (χ4v) is 3.26. The summed E-state index contributed by atoms with van der Waals surface area (Å²) < 4.78 is 51.7. The van der Waals surface area contributed by atoms with Gasteiger partial charge in [0.05, 0.1) is 6.26 Å². The molecule has 0 aromatic carbocycles. The number of hydrogen-bond acceptors (Lipinski definition) is 6. The molecule has 18 heavy (non-hydrogen) atoms. The van der Waals surface area contributed by atoms with Crippen LogP contribution in [-0.2, 0) is 20.1 Å². The third kappa shape index (κ3) is 2.79. The molecule has 2 rings (SSSR count). The lowest BCUT2D eigenvalue weighted by Gasteiger charge is -2.29. The molecule has 9 heteroatoms. The molecule has 0 amide bonds. The van der Waals surface area contributed by atoms with Crippen LogP contribution in [0.4, 0.5) is 0 Å². The van der Waals surface area contributed by atoms with Gasteiger partial charge in [-0.2, -0.15) is 17.7 Å². The minimum absolute atomic E-state index is 0.205. The van der Waals surface area contributed by atoms with Gasteiger partial charge in [0.15, 0.2) is 5.03 Å². The highest BCUT2D eigenvalue weighted by molar-refractivity contribution is 7.89. The lowest BCUT2D eigenvalue weighted by molar-refractivity contribution is 0.308. The molecular formula is C9H12N2O5S2. The molecule has 1 aliphatic rings. The predicted octanol–water partition coefficient (Wildman–Crippen LogP) is -0.186. The Morgan fingerprint density at radius 1 is 1.22 bits per heavy atom. The largest absolute Gasteiger partial charge is 0.362 e. The Kier molecular flexibility index (Phi) is 3.30. The van der Waals surface area contributed by atoms with Gasteiger partial charge in [-0.15, -0.1) is 0 Å². The fourth-order valence-electron chi connectivity index (χ4n) is 1.40. The van der Waals surface area contributed by atoms with Gasteiger partial charge < -0.3 is 4.18 Å². The van der Waals surface area contributed by atoms with Gasteiger partial charge in [0.25, 0.3) is 10.0 Å². The summed E-state index contributed by atoms with van der Waals surface area (Å²) in [5.74, 6) is -0.251. The van der Waals surface area contributed by atoms with Crippen molar-refractivity contribution >= 4 is 20.1 Å². The summed E-state index contributed by atoms with van der Waals surface area (Å²) in [6, 6.07) is 3.99. The average molecular weight is 292 g/mol. The molecule has 100 valence electrons. The molecule has 0 saturated carbocycles. The van der Waals surface area contributed by atoms with Crippen molar-refractivity contribution < 1.29 is 21.0 Å². The molecule has 1 aromatic rings. The third-order valence-corrected chi connectivity index (χ3v) is 4.63. The van der Waals surface area contributed by atoms with E-state index in [4.69, 9.17) is 0 Å². The summed E-state index contributed by atoms with van der Waals surface area (Å²) in [4.78, 5) is 3.70. The Labute approximate surface area is 106 Å². The molecule has 7 nitrogen and oxygen atoms in total. The topological polar surface area (TPSA) is 93.6 Å². The van der Waals surface area contributed by atoms with E-state index in [0.29, 0.717) is 13.1 Å². The maximum absolute atomic E-state index is 12.0. The molecule has 0 spiro atoms. The van der Waals surface area contributed by atoms with Gasteiger partial charge in [0, 0.05) is 19.2 Å². The standard InChI is InChI=1S/C9H12N2O5S2/c1-17(12,13)16-8-4-2-5-9(10-8)18(14,15)11-6-3-7-11/h2,4-5H,3,6-7H2,1H3. The Morgan fingerprint density at radius 3 is 2.39 bits per heavy atom. The van der Waals surface area contributed by atoms with E-state index in [1.165, 1.54) is 22.5 Å². The van der Waals surface area contributed by atoms with Gasteiger partial charge in [-0.05, 0) is 12.5 Å². The van der Waals surface area contributed by atoms with E-state index >= 15 is 0 Å². The van der Waals surface area contributed by atoms with Gasteiger partial charge in [-0.1, -0.05) is 6.07 Å². The van der Waals surface area contributed by atoms with Crippen molar-refractivity contribution in [1.29, 1.82) is 0 Å². The van der Waals surface area contributed by atoms with E-state index in [-0.39, 0.29) is 10.9 Å². The summed E-state index contributed by atoms with van der Waals surface area (Å²) >= 11 is 0. The highest BCUT2D eigenvalue weighted by Crippen LogP contribution is 2.21. The number of hydrogen-bond donors (Lipinski definition) is 0. The molecular weight excluding hydrogens is 280 g/mol. The van der Waals surface area contributed by atoms with Crippen molar-refractivity contribution in [3.8, 4) is 5.88 Å². The predicted molar refractivity (Wildman–Crippen MR) is 63.1 cm³/mol. The second-order valence-electron chi connectivity index (χ2n) is 3.86. The molecule has 1 saturated heterocycles. The van der Waals surface area contributed by atoms with Crippen LogP contribution in [-0.4, -0.2) is 45.5 Å². The molecule has 0 atom stereocenters. The first kappa shape index (κ1) is 13.2. The van der Waals surface area contributed by atoms with Crippen LogP contribution in [0.3, 0.4) is 0 Å². The van der Waals surface area contributed by atoms with E-state index in [9.17, 15) is 16.8 Å². The quantitative estimate of drug-likeness (QED) is 0.714. The van der Waals surface area contributed by atoms with Crippen molar-refractivity contribution in [3.05, 3.63) is 18.2 Å². The van der Waals surface area contributed by atoms with Crippen LogP contribution >= 0.6 is 0 Å². The minimum atomic E-state index is -3.72. The zero-order valence-corrected chi connectivity index (χ0v) is 11.2. The van der Waals surface area contributed by atoms with Crippen LogP contribution in [0.15, 0.2) is 23.2 Å². The minimum Gasteiger partial charge on any atom is -0.362 e. The highest BCUT2D eigenvalue weighted by atomic mass is 32.2. The third-order valence-electron chi connectivity index (χ3n) is 2.35. The van der Waals surface area contributed by atoms with Crippen LogP contribution in [0.25, 0.3) is 0 Å². The summed E-state index contributed by atoms with van der Waals surface area (Å²) in [5, 5.41) is -0.205. The first-order chi connectivity index (χ1) is 8.29. The molecule has 1 aliphatic heterocycles. The van der Waals surface area contributed by atoms with Crippen molar-refractivity contribution in [1.82, 2.24) is 9.29 Å². The Balaban J connectivity index is 2.32. The molecule has 0 aliphatic carbocycles. The molecule has 0 radical (unpaired) electrons. The average Bonchev–Trinajstić information content (AvgIpc) is 2.11. The summed E-state index contributed by atoms with van der Waals surface area (Å²) in [7, 11) is -7.36. The summed E-state index contributed by atoms with van der Waals surface area (Å²) in [5.41, 5.74) is 0. The van der Waals surface area contributed by atoms with E-state index in [1.54, 1.807) is 0 Å². The first-order valence-electron chi connectivity index (χ1n) is 5.16. The number of aromatic nitrogens is 1. The van der Waals surface area contributed by atoms with Crippen molar-refractivity contribution in [3.63, 3.8) is 0 Å². The normalized spacial score (nSPS) is 17.2. The fraction of sp³-hybridized carbons (Fsp3) is 0.444. The van der Waals surface area contributed by atoms with Gasteiger partial charge in [0.2, 0.25) is 5.88 Å². The molecule has 1 aromatic heterocycles. The van der Waals surface area contributed by atoms with E-state index < -0.39 is 20.1 Å². The summed E-state index contributed by atoms with van der Waals surface area (Å²) in [6.45, 7) is 0.919. The monoisotopic (exact) mass is 292 g/mol. The summed E-state index contributed by atoms with van der Waals surface area (Å²) in [6.07, 6.45) is 1.68. The number of pyridine rings is 1. The van der Waals surface area contributed by atoms with E-state index in [0.717, 1.165) is 12.7 Å². The van der Waals surface area contributed by atoms with Crippen molar-refractivity contribution in [2.75, 3.05) is 19.3 Å². The van der Waals surface area contributed by atoms with Crippen LogP contribution in [0, 0.1) is 0 Å². The van der Waals surface area contributed by atoms with E-state index in [2.05, 4.69) is 9.17 Å². The van der Waals surface area contributed by atoms with Crippen LogP contribution in [0.5, 0.6) is 5.88 Å². The molecule has 1 fully saturated rings. The zero-order chi connectivity index (χ0) is 13.4. The molecule has 0 unspecified atom stereocenters. The molecule has 0 N–H and O–H groups in total. The maximum atomic E-state index is 12.0. The van der Waals surface area contributed by atoms with Gasteiger partial charge in [-0.25, -0.2) is 8.42 Å². The SMILES string of the molecule is CS(=O)(=O)Oc1cccc(S(=O)(=O)N2CCC2)n1. The van der Waals surface area contributed by atoms with Crippen LogP contribution in [0.1, 0.15) is 6.42 Å². The maximum Gasteiger partial charge on any atom is 0.307 e. The van der Waals surface area contributed by atoms with Crippen LogP contribution < -0.4 is 4.18 Å². The first-order valence-corrected chi connectivity index (χ1v) is 8.41. The number of nitrogens with zero attached hydrogens (tertiary/aromatic N) is 2. The second kappa shape index (κ2) is 4.48. The highest BCUT2D eigenvalue weighted by Gasteiger charge is 2.30. The number of rotatable bonds is 4. The van der Waals surface area contributed by atoms with E-state index in [1.807, 2.05) is 0 Å². The Hall–Kier alpha value is -1.19. The van der Waals surface area contributed by atoms with Gasteiger partial charge in [0.1, 0.15) is 0 Å². The van der Waals surface area contributed by atoms with Crippen molar-refractivity contribution in [2.24, 2.45) is 0 Å². The second-order valence-corrected chi connectivity index (χ2v) is 7.32. The van der Waals surface area contributed by atoms with Gasteiger partial charge in [-0.3, -0.25) is 0 Å². The van der Waals surface area contributed by atoms with Crippen LogP contribution in [0.2, 0.25) is 0 Å². The lowest BCUT2D eigenvalue weighted by atomic mass is 10.3. The molecule has 2 heterocycles. The zero-order valence-electron chi connectivity index (χ0n) is 9.61. The number of sulfonamides is 1. The smallest absolute Gasteiger partial charge is 0.307 e. The van der Waals surface area contributed by atoms with Crippen molar-refractivity contribution in [2.45, 2.75) is 11.4 Å². The Morgan fingerprint density at radius 2 is 1.89 bits per heavy atom. The molecule has 0 bridgehead atoms.